The van der Waals surface area contributed by atoms with E-state index in [1.54, 1.807) is 6.20 Å². The van der Waals surface area contributed by atoms with Crippen LogP contribution in [0, 0.1) is 13.8 Å². The van der Waals surface area contributed by atoms with E-state index in [-0.39, 0.29) is 11.8 Å². The maximum absolute atomic E-state index is 13.1. The number of likely N-dealkylation sites (tertiary alicyclic amines) is 1. The summed E-state index contributed by atoms with van der Waals surface area (Å²) in [5, 5.41) is 4.48. The maximum atomic E-state index is 13.1. The van der Waals surface area contributed by atoms with Crippen LogP contribution >= 0.6 is 0 Å². The SMILES string of the molecule is Cc1ccccc1-n1ncc(C(=O)N2CCN(CC(=O)N3CCCCC3C)CC2)c1C. The average Bonchev–Trinajstić information content (AvgIpc) is 3.15. The van der Waals surface area contributed by atoms with E-state index >= 15 is 0 Å². The molecule has 2 aliphatic rings. The van der Waals surface area contributed by atoms with Crippen molar-refractivity contribution in [3.05, 3.63) is 47.3 Å². The van der Waals surface area contributed by atoms with Gasteiger partial charge in [-0.2, -0.15) is 5.10 Å². The second kappa shape index (κ2) is 9.22. The number of nitrogens with zero attached hydrogens (tertiary/aromatic N) is 5. The van der Waals surface area contributed by atoms with Crippen LogP contribution in [0.2, 0.25) is 0 Å². The highest BCUT2D eigenvalue weighted by Gasteiger charge is 2.28. The number of carbonyl (C=O) groups excluding carboxylic acids is 2. The number of aromatic nitrogens is 2. The molecule has 3 heterocycles. The Morgan fingerprint density at radius 3 is 2.48 bits per heavy atom. The van der Waals surface area contributed by atoms with Gasteiger partial charge in [-0.3, -0.25) is 14.5 Å². The van der Waals surface area contributed by atoms with Crippen molar-refractivity contribution in [1.29, 1.82) is 0 Å². The molecule has 7 heteroatoms. The average molecular weight is 424 g/mol. The quantitative estimate of drug-likeness (QED) is 0.759. The lowest BCUT2D eigenvalue weighted by Crippen LogP contribution is -2.53. The summed E-state index contributed by atoms with van der Waals surface area (Å²) in [6, 6.07) is 8.39. The van der Waals surface area contributed by atoms with Crippen LogP contribution in [0.3, 0.4) is 0 Å². The van der Waals surface area contributed by atoms with Crippen molar-refractivity contribution >= 4 is 11.8 Å². The molecule has 0 N–H and O–H groups in total. The fourth-order valence-corrected chi connectivity index (χ4v) is 4.69. The van der Waals surface area contributed by atoms with Gasteiger partial charge in [-0.05, 0) is 51.7 Å². The van der Waals surface area contributed by atoms with E-state index in [0.717, 1.165) is 49.4 Å². The molecular weight excluding hydrogens is 390 g/mol. The summed E-state index contributed by atoms with van der Waals surface area (Å²) in [7, 11) is 0. The molecule has 4 rings (SSSR count). The zero-order valence-electron chi connectivity index (χ0n) is 18.9. The first-order valence-electron chi connectivity index (χ1n) is 11.4. The summed E-state index contributed by atoms with van der Waals surface area (Å²) in [6.07, 6.45) is 5.10. The monoisotopic (exact) mass is 423 g/mol. The second-order valence-corrected chi connectivity index (χ2v) is 8.84. The van der Waals surface area contributed by atoms with Crippen LogP contribution in [0.5, 0.6) is 0 Å². The Kier molecular flexibility index (Phi) is 6.41. The van der Waals surface area contributed by atoms with Gasteiger partial charge in [0.25, 0.3) is 5.91 Å². The standard InChI is InChI=1S/C24H33N5O2/c1-18-8-4-5-10-22(18)29-20(3)21(16-25-29)24(31)27-14-12-26(13-15-27)17-23(30)28-11-7-6-9-19(28)2/h4-5,8,10,16,19H,6-7,9,11-15,17H2,1-3H3. The molecule has 0 aliphatic carbocycles. The molecule has 0 spiro atoms. The first-order chi connectivity index (χ1) is 15.0. The van der Waals surface area contributed by atoms with Gasteiger partial charge in [-0.1, -0.05) is 18.2 Å². The summed E-state index contributed by atoms with van der Waals surface area (Å²) >= 11 is 0. The first-order valence-corrected chi connectivity index (χ1v) is 11.4. The molecule has 2 aromatic rings. The van der Waals surface area contributed by atoms with Crippen LogP contribution in [0.15, 0.2) is 30.5 Å². The third-order valence-electron chi connectivity index (χ3n) is 6.73. The third-order valence-corrected chi connectivity index (χ3v) is 6.73. The molecule has 31 heavy (non-hydrogen) atoms. The molecule has 2 saturated heterocycles. The minimum absolute atomic E-state index is 0.0213. The predicted octanol–water partition coefficient (Wildman–Crippen LogP) is 2.65. The van der Waals surface area contributed by atoms with E-state index in [0.29, 0.717) is 31.2 Å². The predicted molar refractivity (Wildman–Crippen MR) is 120 cm³/mol. The van der Waals surface area contributed by atoms with Crippen molar-refractivity contribution in [1.82, 2.24) is 24.5 Å². The number of piperidine rings is 1. The Morgan fingerprint density at radius 1 is 1.03 bits per heavy atom. The largest absolute Gasteiger partial charge is 0.339 e. The van der Waals surface area contributed by atoms with Crippen molar-refractivity contribution in [2.75, 3.05) is 39.3 Å². The lowest BCUT2D eigenvalue weighted by Gasteiger charge is -2.38. The molecule has 2 fully saturated rings. The molecule has 1 atom stereocenters. The maximum Gasteiger partial charge on any atom is 0.257 e. The lowest BCUT2D eigenvalue weighted by molar-refractivity contribution is -0.136. The lowest BCUT2D eigenvalue weighted by atomic mass is 10.0. The van der Waals surface area contributed by atoms with E-state index in [2.05, 4.69) is 16.9 Å². The van der Waals surface area contributed by atoms with Crippen LogP contribution in [0.1, 0.15) is 47.8 Å². The van der Waals surface area contributed by atoms with Crippen molar-refractivity contribution < 1.29 is 9.59 Å². The second-order valence-electron chi connectivity index (χ2n) is 8.84. The summed E-state index contributed by atoms with van der Waals surface area (Å²) in [5.41, 5.74) is 3.62. The van der Waals surface area contributed by atoms with Crippen molar-refractivity contribution in [3.8, 4) is 5.69 Å². The number of rotatable bonds is 4. The smallest absolute Gasteiger partial charge is 0.257 e. The number of para-hydroxylation sites is 1. The van der Waals surface area contributed by atoms with Crippen LogP contribution < -0.4 is 0 Å². The molecule has 0 bridgehead atoms. The third kappa shape index (κ3) is 4.51. The minimum atomic E-state index is 0.0213. The first kappa shape index (κ1) is 21.6. The highest BCUT2D eigenvalue weighted by atomic mass is 16.2. The van der Waals surface area contributed by atoms with Gasteiger partial charge in [0.1, 0.15) is 0 Å². The molecular formula is C24H33N5O2. The fraction of sp³-hybridized carbons (Fsp3) is 0.542. The number of piperazine rings is 1. The van der Waals surface area contributed by atoms with Crippen molar-refractivity contribution in [2.24, 2.45) is 0 Å². The highest BCUT2D eigenvalue weighted by Crippen LogP contribution is 2.20. The number of aryl methyl sites for hydroxylation is 1. The summed E-state index contributed by atoms with van der Waals surface area (Å²) in [5.74, 6) is 0.246. The van der Waals surface area contributed by atoms with E-state index in [1.807, 2.05) is 52.6 Å². The van der Waals surface area contributed by atoms with E-state index < -0.39 is 0 Å². The van der Waals surface area contributed by atoms with Gasteiger partial charge < -0.3 is 9.80 Å². The zero-order chi connectivity index (χ0) is 22.0. The summed E-state index contributed by atoms with van der Waals surface area (Å²) in [4.78, 5) is 32.0. The number of amides is 2. The van der Waals surface area contributed by atoms with Crippen LogP contribution in [-0.2, 0) is 4.79 Å². The summed E-state index contributed by atoms with van der Waals surface area (Å²) < 4.78 is 1.84. The Hall–Kier alpha value is -2.67. The number of hydrogen-bond donors (Lipinski definition) is 0. The Bertz CT molecular complexity index is 945. The van der Waals surface area contributed by atoms with Gasteiger partial charge in [0.2, 0.25) is 5.91 Å². The van der Waals surface area contributed by atoms with Gasteiger partial charge >= 0.3 is 0 Å². The number of benzene rings is 1. The molecule has 1 aromatic carbocycles. The van der Waals surface area contributed by atoms with Gasteiger partial charge in [0, 0.05) is 38.8 Å². The van der Waals surface area contributed by atoms with Crippen LogP contribution in [0.25, 0.3) is 5.69 Å². The molecule has 0 saturated carbocycles. The van der Waals surface area contributed by atoms with E-state index in [4.69, 9.17) is 0 Å². The Morgan fingerprint density at radius 2 is 1.77 bits per heavy atom. The number of hydrogen-bond acceptors (Lipinski definition) is 4. The van der Waals surface area contributed by atoms with E-state index in [9.17, 15) is 9.59 Å². The topological polar surface area (TPSA) is 61.7 Å². The van der Waals surface area contributed by atoms with E-state index in [1.165, 1.54) is 6.42 Å². The van der Waals surface area contributed by atoms with Gasteiger partial charge in [-0.25, -0.2) is 4.68 Å². The molecule has 2 aliphatic heterocycles. The molecule has 1 aromatic heterocycles. The van der Waals surface area contributed by atoms with Crippen LogP contribution in [-0.4, -0.2) is 81.6 Å². The zero-order valence-corrected chi connectivity index (χ0v) is 18.9. The highest BCUT2D eigenvalue weighted by molar-refractivity contribution is 5.95. The Labute approximate surface area is 184 Å². The fourth-order valence-electron chi connectivity index (χ4n) is 4.69. The van der Waals surface area contributed by atoms with Crippen molar-refractivity contribution in [3.63, 3.8) is 0 Å². The minimum Gasteiger partial charge on any atom is -0.339 e. The summed E-state index contributed by atoms with van der Waals surface area (Å²) in [6.45, 7) is 10.2. The van der Waals surface area contributed by atoms with Gasteiger partial charge in [0.15, 0.2) is 0 Å². The molecule has 7 nitrogen and oxygen atoms in total. The van der Waals surface area contributed by atoms with Gasteiger partial charge in [-0.15, -0.1) is 0 Å². The number of carbonyl (C=O) groups is 2. The molecule has 0 radical (unpaired) electrons. The van der Waals surface area contributed by atoms with Gasteiger partial charge in [0.05, 0.1) is 29.7 Å². The van der Waals surface area contributed by atoms with Crippen molar-refractivity contribution in [2.45, 2.75) is 46.1 Å². The molecule has 166 valence electrons. The Balaban J connectivity index is 1.36. The molecule has 1 unspecified atom stereocenters. The molecule has 2 amide bonds. The normalized spacial score (nSPS) is 20.2. The van der Waals surface area contributed by atoms with Crippen LogP contribution in [0.4, 0.5) is 0 Å².